The van der Waals surface area contributed by atoms with Gasteiger partial charge in [0.15, 0.2) is 26.5 Å². The number of anilines is 2. The molecule has 0 aliphatic carbocycles. The van der Waals surface area contributed by atoms with Gasteiger partial charge in [0.25, 0.3) is 0 Å². The zero-order valence-corrected chi connectivity index (χ0v) is 17.3. The maximum Gasteiger partial charge on any atom is 0.249 e. The van der Waals surface area contributed by atoms with Crippen molar-refractivity contribution in [1.82, 2.24) is 14.7 Å². The van der Waals surface area contributed by atoms with Crippen LogP contribution in [-0.4, -0.2) is 43.1 Å². The number of aromatic nitrogens is 3. The molecule has 1 aromatic carbocycles. The molecule has 3 rings (SSSR count). The quantitative estimate of drug-likeness (QED) is 0.524. The van der Waals surface area contributed by atoms with E-state index in [1.165, 1.54) is 12.3 Å². The second kappa shape index (κ2) is 7.24. The van der Waals surface area contributed by atoms with Crippen LogP contribution in [0.4, 0.5) is 11.5 Å². The summed E-state index contributed by atoms with van der Waals surface area (Å²) >= 11 is 0. The van der Waals surface area contributed by atoms with Gasteiger partial charge in [0, 0.05) is 29.3 Å². The Morgan fingerprint density at radius 1 is 1.14 bits per heavy atom. The number of nitrogens with one attached hydrogen (secondary N) is 1. The Morgan fingerprint density at radius 3 is 2.39 bits per heavy atom. The van der Waals surface area contributed by atoms with E-state index in [0.29, 0.717) is 17.1 Å². The van der Waals surface area contributed by atoms with Crippen molar-refractivity contribution in [2.24, 2.45) is 0 Å². The lowest BCUT2D eigenvalue weighted by Gasteiger charge is -2.13. The predicted molar refractivity (Wildman–Crippen MR) is 111 cm³/mol. The number of hydrogen-bond acceptors (Lipinski definition) is 6. The molecule has 0 radical (unpaired) electrons. The summed E-state index contributed by atoms with van der Waals surface area (Å²) in [6, 6.07) is 8.62. The highest BCUT2D eigenvalue weighted by atomic mass is 32.2. The number of nitrogens with zero attached hydrogens (tertiary/aromatic N) is 3. The predicted octanol–water partition coefficient (Wildman–Crippen LogP) is 1.98. The number of pyridine rings is 1. The molecule has 0 saturated heterocycles. The molecular weight excluding hydrogens is 375 g/mol. The molecule has 28 heavy (non-hydrogen) atoms. The average molecular weight is 396 g/mol. The summed E-state index contributed by atoms with van der Waals surface area (Å²) in [4.78, 5) is 17.1. The molecule has 3 aromatic rings. The normalized spacial score (nSPS) is 11.4. The zero-order chi connectivity index (χ0) is 20.6. The number of rotatable bonds is 5. The van der Waals surface area contributed by atoms with E-state index < -0.39 is 9.84 Å². The van der Waals surface area contributed by atoms with E-state index in [-0.39, 0.29) is 16.4 Å². The zero-order valence-electron chi connectivity index (χ0n) is 16.4. The van der Waals surface area contributed by atoms with Crippen LogP contribution in [0.2, 0.25) is 0 Å². The van der Waals surface area contributed by atoms with Crippen molar-refractivity contribution in [2.45, 2.75) is 25.8 Å². The first kappa shape index (κ1) is 19.8. The van der Waals surface area contributed by atoms with Gasteiger partial charge >= 0.3 is 0 Å². The fraction of sp³-hybridized carbons (Fsp3) is 0.211. The summed E-state index contributed by atoms with van der Waals surface area (Å²) in [6.07, 6.45) is 2.39. The van der Waals surface area contributed by atoms with Crippen LogP contribution in [-0.2, 0) is 9.84 Å². The van der Waals surface area contributed by atoms with E-state index in [9.17, 15) is 13.2 Å². The topological polar surface area (TPSA) is 93.9 Å². The number of carbonyl (C=O) groups is 1. The summed E-state index contributed by atoms with van der Waals surface area (Å²) in [7, 11) is -1.71. The van der Waals surface area contributed by atoms with Crippen LogP contribution < -0.4 is 5.32 Å². The van der Waals surface area contributed by atoms with Crippen LogP contribution >= 0.6 is 0 Å². The lowest BCUT2D eigenvalue weighted by molar-refractivity contribution is 0.103. The van der Waals surface area contributed by atoms with E-state index in [2.05, 4.69) is 15.4 Å². The number of benzene rings is 1. The highest BCUT2D eigenvalue weighted by molar-refractivity contribution is 7.90. The first-order valence-electron chi connectivity index (χ1n) is 8.67. The third kappa shape index (κ3) is 3.70. The maximum atomic E-state index is 13.1. The van der Waals surface area contributed by atoms with Crippen molar-refractivity contribution < 1.29 is 13.2 Å². The molecule has 7 nitrogen and oxygen atoms in total. The minimum atomic E-state index is -3.53. The van der Waals surface area contributed by atoms with E-state index in [4.69, 9.17) is 0 Å². The molecule has 0 aliphatic heterocycles. The molecule has 0 amide bonds. The molecule has 0 fully saturated rings. The molecule has 9 heteroatoms. The van der Waals surface area contributed by atoms with Crippen molar-refractivity contribution in [1.29, 1.82) is 0 Å². The Morgan fingerprint density at radius 2 is 1.82 bits per heavy atom. The number of carbonyl (C=O) groups excluding carboxylic acids is 1. The van der Waals surface area contributed by atoms with Crippen LogP contribution in [0.3, 0.4) is 0 Å². The number of sulfone groups is 1. The second-order valence-electron chi connectivity index (χ2n) is 6.79. The molecule has 0 aliphatic rings. The van der Waals surface area contributed by atoms with Crippen LogP contribution in [0.5, 0.6) is 0 Å². The molecule has 2 heterocycles. The van der Waals surface area contributed by atoms with Gasteiger partial charge in [-0.1, -0.05) is 24.3 Å². The molecule has 0 spiro atoms. The summed E-state index contributed by atoms with van der Waals surface area (Å²) < 4.78 is 25.7. The third-order valence-electron chi connectivity index (χ3n) is 4.78. The highest BCUT2D eigenvalue weighted by Crippen LogP contribution is 2.28. The highest BCUT2D eigenvalue weighted by Gasteiger charge is 2.21. The Bertz CT molecular complexity index is 1190. The van der Waals surface area contributed by atoms with E-state index in [1.54, 1.807) is 16.7 Å². The van der Waals surface area contributed by atoms with Crippen LogP contribution in [0, 0.1) is 20.8 Å². The number of aryl methyl sites for hydroxylation is 1. The van der Waals surface area contributed by atoms with Gasteiger partial charge in [0.1, 0.15) is 0 Å². The van der Waals surface area contributed by atoms with Crippen LogP contribution in [0.25, 0.3) is 0 Å². The van der Waals surface area contributed by atoms with E-state index >= 15 is 0 Å². The van der Waals surface area contributed by atoms with Crippen molar-refractivity contribution in [2.75, 3.05) is 11.6 Å². The lowest BCUT2D eigenvalue weighted by atomic mass is 9.99. The van der Waals surface area contributed by atoms with Crippen molar-refractivity contribution in [3.63, 3.8) is 0 Å². The van der Waals surface area contributed by atoms with E-state index in [1.807, 2.05) is 40.9 Å². The Kier molecular flexibility index (Phi) is 5.12. The first-order chi connectivity index (χ1) is 13.1. The molecule has 0 bridgehead atoms. The number of ketones is 1. The average Bonchev–Trinajstić information content (AvgIpc) is 2.87. The van der Waals surface area contributed by atoms with Gasteiger partial charge in [-0.25, -0.2) is 13.4 Å². The smallest absolute Gasteiger partial charge is 0.249 e. The summed E-state index contributed by atoms with van der Waals surface area (Å²) in [5, 5.41) is 7.43. The summed E-state index contributed by atoms with van der Waals surface area (Å²) in [5.74, 6) is 0.322. The van der Waals surface area contributed by atoms with Gasteiger partial charge in [0.2, 0.25) is 7.98 Å². The van der Waals surface area contributed by atoms with Crippen molar-refractivity contribution >= 4 is 35.1 Å². The second-order valence-corrected chi connectivity index (χ2v) is 8.75. The first-order valence-corrected chi connectivity index (χ1v) is 10.6. The third-order valence-corrected chi connectivity index (χ3v) is 5.76. The number of hydrogen-bond donors (Lipinski definition) is 1. The van der Waals surface area contributed by atoms with Gasteiger partial charge in [-0.2, -0.15) is 5.10 Å². The van der Waals surface area contributed by atoms with E-state index in [0.717, 1.165) is 23.1 Å². The van der Waals surface area contributed by atoms with Gasteiger partial charge in [-0.15, -0.1) is 0 Å². The molecular formula is C19H21BN4O3S. The largest absolute Gasteiger partial charge is 0.338 e. The van der Waals surface area contributed by atoms with Gasteiger partial charge in [0.05, 0.1) is 11.3 Å². The molecule has 0 atom stereocenters. The summed E-state index contributed by atoms with van der Waals surface area (Å²) in [6.45, 7) is 5.69. The fourth-order valence-corrected chi connectivity index (χ4v) is 3.43. The fourth-order valence-electron chi connectivity index (χ4n) is 2.86. The lowest BCUT2D eigenvalue weighted by Crippen LogP contribution is -2.11. The summed E-state index contributed by atoms with van der Waals surface area (Å²) in [5.41, 5.74) is 3.87. The van der Waals surface area contributed by atoms with Crippen LogP contribution in [0.15, 0.2) is 41.6 Å². The van der Waals surface area contributed by atoms with Gasteiger partial charge < -0.3 is 9.91 Å². The standard InChI is InChI=1S/C19H21BN4O3S/c1-11-7-5-6-8-14(11)18(25)15-10-21-17(28(4,26)27)9-16(15)22-19-12(2)13(3)24(20)23-19/h5-10H,20H2,1-4H3,(H,21,22,23). The van der Waals surface area contributed by atoms with Gasteiger partial charge in [-0.05, 0) is 32.4 Å². The Balaban J connectivity index is 2.16. The van der Waals surface area contributed by atoms with Crippen molar-refractivity contribution in [3.05, 3.63) is 64.5 Å². The Labute approximate surface area is 165 Å². The minimum absolute atomic E-state index is 0.110. The minimum Gasteiger partial charge on any atom is -0.338 e. The molecule has 1 N–H and O–H groups in total. The molecule has 0 saturated carbocycles. The molecule has 0 unspecified atom stereocenters. The SMILES string of the molecule is Bn1nc(Nc2cc(S(C)(=O)=O)ncc2C(=O)c2ccccc2C)c(C)c1C. The van der Waals surface area contributed by atoms with Gasteiger partial charge in [-0.3, -0.25) is 4.79 Å². The maximum absolute atomic E-state index is 13.1. The molecule has 144 valence electrons. The molecule has 2 aromatic heterocycles. The monoisotopic (exact) mass is 396 g/mol. The Hall–Kier alpha value is -2.94. The van der Waals surface area contributed by atoms with Crippen LogP contribution in [0.1, 0.15) is 32.7 Å². The van der Waals surface area contributed by atoms with Crippen molar-refractivity contribution in [3.8, 4) is 0 Å².